The average Bonchev–Trinajstić information content (AvgIpc) is 3.09. The Labute approximate surface area is 151 Å². The third kappa shape index (κ3) is 4.45. The Morgan fingerprint density at radius 3 is 2.58 bits per heavy atom. The standard InChI is InChI=1S/C18H14F3N3OS/c19-18(20,21)14-3-1-2-4-15(14)24-16(25)6-5-13-11-26-17(23-13)12-7-9-22-10-8-12/h1-4,7-11H,5-6H2,(H,24,25). The molecule has 0 aliphatic carbocycles. The zero-order valence-corrected chi connectivity index (χ0v) is 14.3. The number of benzene rings is 1. The predicted molar refractivity (Wildman–Crippen MR) is 93.7 cm³/mol. The van der Waals surface area contributed by atoms with E-state index >= 15 is 0 Å². The molecule has 0 saturated carbocycles. The van der Waals surface area contributed by atoms with Crippen molar-refractivity contribution >= 4 is 22.9 Å². The highest BCUT2D eigenvalue weighted by atomic mass is 32.1. The third-order valence-electron chi connectivity index (χ3n) is 3.59. The molecule has 0 unspecified atom stereocenters. The number of rotatable bonds is 5. The first-order valence-electron chi connectivity index (χ1n) is 7.74. The molecule has 8 heteroatoms. The van der Waals surface area contributed by atoms with Crippen LogP contribution in [0.3, 0.4) is 0 Å². The summed E-state index contributed by atoms with van der Waals surface area (Å²) < 4.78 is 38.8. The molecule has 0 fully saturated rings. The first-order valence-corrected chi connectivity index (χ1v) is 8.62. The third-order valence-corrected chi connectivity index (χ3v) is 4.53. The average molecular weight is 377 g/mol. The molecule has 0 radical (unpaired) electrons. The molecule has 1 N–H and O–H groups in total. The molecule has 3 rings (SSSR count). The fraction of sp³-hybridized carbons (Fsp3) is 0.167. The number of thiazole rings is 1. The summed E-state index contributed by atoms with van der Waals surface area (Å²) in [7, 11) is 0. The Hall–Kier alpha value is -2.74. The lowest BCUT2D eigenvalue weighted by Crippen LogP contribution is -2.16. The Bertz CT molecular complexity index is 894. The Morgan fingerprint density at radius 1 is 1.12 bits per heavy atom. The molecule has 2 heterocycles. The van der Waals surface area contributed by atoms with Gasteiger partial charge in [0.2, 0.25) is 5.91 Å². The van der Waals surface area contributed by atoms with Crippen molar-refractivity contribution in [1.29, 1.82) is 0 Å². The number of pyridine rings is 1. The maximum Gasteiger partial charge on any atom is 0.418 e. The van der Waals surface area contributed by atoms with Gasteiger partial charge in [0.25, 0.3) is 0 Å². The normalized spacial score (nSPS) is 11.3. The summed E-state index contributed by atoms with van der Waals surface area (Å²) in [5.74, 6) is -0.486. The van der Waals surface area contributed by atoms with E-state index in [1.54, 1.807) is 12.4 Å². The lowest BCUT2D eigenvalue weighted by atomic mass is 10.1. The number of carbonyl (C=O) groups is 1. The zero-order chi connectivity index (χ0) is 18.6. The monoisotopic (exact) mass is 377 g/mol. The van der Waals surface area contributed by atoms with Gasteiger partial charge in [-0.15, -0.1) is 11.3 Å². The van der Waals surface area contributed by atoms with Gasteiger partial charge in [0.1, 0.15) is 5.01 Å². The van der Waals surface area contributed by atoms with E-state index in [-0.39, 0.29) is 12.1 Å². The van der Waals surface area contributed by atoms with E-state index in [4.69, 9.17) is 0 Å². The summed E-state index contributed by atoms with van der Waals surface area (Å²) in [5, 5.41) is 4.98. The van der Waals surface area contributed by atoms with Crippen LogP contribution in [0.5, 0.6) is 0 Å². The van der Waals surface area contributed by atoms with Crippen molar-refractivity contribution < 1.29 is 18.0 Å². The van der Waals surface area contributed by atoms with Crippen LogP contribution in [0.2, 0.25) is 0 Å². The molecule has 0 aliphatic rings. The highest BCUT2D eigenvalue weighted by Gasteiger charge is 2.33. The van der Waals surface area contributed by atoms with E-state index in [1.807, 2.05) is 17.5 Å². The Balaban J connectivity index is 1.61. The smallest absolute Gasteiger partial charge is 0.325 e. The SMILES string of the molecule is O=C(CCc1csc(-c2ccncc2)n1)Nc1ccccc1C(F)(F)F. The summed E-state index contributed by atoms with van der Waals surface area (Å²) >= 11 is 1.44. The molecule has 0 bridgehead atoms. The minimum Gasteiger partial charge on any atom is -0.325 e. The largest absolute Gasteiger partial charge is 0.418 e. The van der Waals surface area contributed by atoms with Crippen molar-refractivity contribution in [1.82, 2.24) is 9.97 Å². The van der Waals surface area contributed by atoms with Crippen molar-refractivity contribution in [3.63, 3.8) is 0 Å². The molecular weight excluding hydrogens is 363 g/mol. The van der Waals surface area contributed by atoms with Crippen LogP contribution in [0.4, 0.5) is 18.9 Å². The molecule has 134 valence electrons. The Kier molecular flexibility index (Phi) is 5.32. The van der Waals surface area contributed by atoms with E-state index in [9.17, 15) is 18.0 Å². The van der Waals surface area contributed by atoms with Gasteiger partial charge < -0.3 is 5.32 Å². The fourth-order valence-corrected chi connectivity index (χ4v) is 3.20. The summed E-state index contributed by atoms with van der Waals surface area (Å²) in [4.78, 5) is 20.4. The summed E-state index contributed by atoms with van der Waals surface area (Å²) in [6.45, 7) is 0. The number of amides is 1. The predicted octanol–water partition coefficient (Wildman–Crippen LogP) is 4.80. The summed E-state index contributed by atoms with van der Waals surface area (Å²) in [5.41, 5.74) is 0.559. The summed E-state index contributed by atoms with van der Waals surface area (Å²) in [6.07, 6.45) is -0.782. The van der Waals surface area contributed by atoms with Crippen molar-refractivity contribution in [3.8, 4) is 10.6 Å². The summed E-state index contributed by atoms with van der Waals surface area (Å²) in [6, 6.07) is 8.59. The number of anilines is 1. The lowest BCUT2D eigenvalue weighted by molar-refractivity contribution is -0.137. The van der Waals surface area contributed by atoms with Gasteiger partial charge in [-0.3, -0.25) is 9.78 Å². The molecule has 0 atom stereocenters. The first-order chi connectivity index (χ1) is 12.4. The van der Waals surface area contributed by atoms with Crippen LogP contribution >= 0.6 is 11.3 Å². The van der Waals surface area contributed by atoms with Crippen LogP contribution in [0.25, 0.3) is 10.6 Å². The van der Waals surface area contributed by atoms with Crippen LogP contribution in [0.15, 0.2) is 54.2 Å². The first kappa shape index (κ1) is 18.1. The van der Waals surface area contributed by atoms with E-state index in [1.165, 1.54) is 29.5 Å². The maximum absolute atomic E-state index is 12.9. The molecule has 1 aromatic carbocycles. The number of aryl methyl sites for hydroxylation is 1. The lowest BCUT2D eigenvalue weighted by Gasteiger charge is -2.13. The molecule has 4 nitrogen and oxygen atoms in total. The number of hydrogen-bond acceptors (Lipinski definition) is 4. The Morgan fingerprint density at radius 2 is 1.85 bits per heavy atom. The molecule has 1 amide bonds. The van der Waals surface area contributed by atoms with Gasteiger partial charge in [-0.25, -0.2) is 4.98 Å². The van der Waals surface area contributed by atoms with Crippen molar-refractivity contribution in [3.05, 3.63) is 65.4 Å². The second kappa shape index (κ2) is 7.65. The van der Waals surface area contributed by atoms with Crippen molar-refractivity contribution in [2.45, 2.75) is 19.0 Å². The van der Waals surface area contributed by atoms with Crippen LogP contribution in [0.1, 0.15) is 17.7 Å². The van der Waals surface area contributed by atoms with E-state index in [2.05, 4.69) is 15.3 Å². The zero-order valence-electron chi connectivity index (χ0n) is 13.5. The van der Waals surface area contributed by atoms with Gasteiger partial charge >= 0.3 is 6.18 Å². The molecule has 0 aliphatic heterocycles. The number of aromatic nitrogens is 2. The maximum atomic E-state index is 12.9. The number of carbonyl (C=O) groups excluding carboxylic acids is 1. The fourth-order valence-electron chi connectivity index (χ4n) is 2.34. The van der Waals surface area contributed by atoms with Gasteiger partial charge in [-0.05, 0) is 30.7 Å². The molecule has 0 spiro atoms. The van der Waals surface area contributed by atoms with Crippen LogP contribution in [-0.2, 0) is 17.4 Å². The highest BCUT2D eigenvalue weighted by molar-refractivity contribution is 7.13. The molecule has 0 saturated heterocycles. The van der Waals surface area contributed by atoms with Gasteiger partial charge in [-0.2, -0.15) is 13.2 Å². The van der Waals surface area contributed by atoms with Crippen LogP contribution in [0, 0.1) is 0 Å². The van der Waals surface area contributed by atoms with Gasteiger partial charge in [-0.1, -0.05) is 12.1 Å². The topological polar surface area (TPSA) is 54.9 Å². The second-order valence-corrected chi connectivity index (χ2v) is 6.33. The van der Waals surface area contributed by atoms with Gasteiger partial charge in [0.15, 0.2) is 0 Å². The number of para-hydroxylation sites is 1. The van der Waals surface area contributed by atoms with Crippen LogP contribution in [-0.4, -0.2) is 15.9 Å². The molecular formula is C18H14F3N3OS. The van der Waals surface area contributed by atoms with Crippen LogP contribution < -0.4 is 5.32 Å². The minimum absolute atomic E-state index is 0.0473. The highest BCUT2D eigenvalue weighted by Crippen LogP contribution is 2.34. The van der Waals surface area contributed by atoms with Gasteiger partial charge in [0.05, 0.1) is 16.9 Å². The van der Waals surface area contributed by atoms with E-state index in [0.29, 0.717) is 6.42 Å². The molecule has 2 aromatic heterocycles. The minimum atomic E-state index is -4.52. The number of halogens is 3. The second-order valence-electron chi connectivity index (χ2n) is 5.47. The van der Waals surface area contributed by atoms with Crippen molar-refractivity contribution in [2.24, 2.45) is 0 Å². The van der Waals surface area contributed by atoms with E-state index in [0.717, 1.165) is 22.3 Å². The molecule has 26 heavy (non-hydrogen) atoms. The quantitative estimate of drug-likeness (QED) is 0.695. The van der Waals surface area contributed by atoms with Gasteiger partial charge in [0, 0.05) is 29.8 Å². The number of nitrogens with one attached hydrogen (secondary N) is 1. The number of alkyl halides is 3. The number of nitrogens with zero attached hydrogens (tertiary/aromatic N) is 2. The van der Waals surface area contributed by atoms with E-state index < -0.39 is 17.6 Å². The molecule has 3 aromatic rings. The van der Waals surface area contributed by atoms with Crippen molar-refractivity contribution in [2.75, 3.05) is 5.32 Å². The number of hydrogen-bond donors (Lipinski definition) is 1.